The van der Waals surface area contributed by atoms with E-state index in [0.29, 0.717) is 15.6 Å². The molecular weight excluding hydrogens is 256 g/mol. The maximum absolute atomic E-state index is 11.3. The molecule has 0 aliphatic carbocycles. The molecule has 0 fully saturated rings. The molecule has 0 amide bonds. The van der Waals surface area contributed by atoms with E-state index in [2.05, 4.69) is 5.32 Å². The van der Waals surface area contributed by atoms with Gasteiger partial charge >= 0.3 is 0 Å². The molecule has 0 atom stereocenters. The first kappa shape index (κ1) is 13.6. The molecule has 0 saturated carbocycles. The zero-order chi connectivity index (χ0) is 12.8. The topological polar surface area (TPSA) is 52.9 Å². The first-order chi connectivity index (χ1) is 8.04. The Morgan fingerprint density at radius 1 is 1.35 bits per heavy atom. The summed E-state index contributed by atoms with van der Waals surface area (Å²) in [6.45, 7) is 3.20. The second-order valence-corrected chi connectivity index (χ2v) is 4.57. The van der Waals surface area contributed by atoms with Crippen molar-refractivity contribution in [1.29, 1.82) is 5.26 Å². The van der Waals surface area contributed by atoms with Crippen molar-refractivity contribution in [3.8, 4) is 5.40 Å². The van der Waals surface area contributed by atoms with Crippen LogP contribution in [-0.4, -0.2) is 5.78 Å². The highest BCUT2D eigenvalue weighted by Gasteiger charge is 2.09. The van der Waals surface area contributed by atoms with E-state index in [-0.39, 0.29) is 5.78 Å². The molecule has 1 rings (SSSR count). The number of hydrogen-bond donors (Lipinski definition) is 1. The highest BCUT2D eigenvalue weighted by atomic mass is 35.5. The molecule has 88 valence electrons. The number of nitrogens with zero attached hydrogens (tertiary/aromatic N) is 1. The lowest BCUT2D eigenvalue weighted by atomic mass is 10.3. The van der Waals surface area contributed by atoms with Gasteiger partial charge < -0.3 is 5.32 Å². The number of hydrogen-bond acceptors (Lipinski definition) is 4. The zero-order valence-corrected chi connectivity index (χ0v) is 11.0. The summed E-state index contributed by atoms with van der Waals surface area (Å²) in [7, 11) is 0. The van der Waals surface area contributed by atoms with Gasteiger partial charge in [0.25, 0.3) is 0 Å². The van der Waals surface area contributed by atoms with Crippen LogP contribution < -0.4 is 5.32 Å². The third-order valence-electron chi connectivity index (χ3n) is 1.98. The van der Waals surface area contributed by atoms with Gasteiger partial charge in [0, 0.05) is 16.4 Å². The largest absolute Gasteiger partial charge is 0.358 e. The molecule has 0 spiro atoms. The van der Waals surface area contributed by atoms with Crippen LogP contribution in [0.2, 0.25) is 5.02 Å². The molecule has 0 aliphatic rings. The van der Waals surface area contributed by atoms with Crippen LogP contribution in [0.3, 0.4) is 0 Å². The van der Waals surface area contributed by atoms with E-state index in [1.165, 1.54) is 6.92 Å². The minimum absolute atomic E-state index is 0.129. The number of anilines is 1. The van der Waals surface area contributed by atoms with Crippen molar-refractivity contribution < 1.29 is 4.79 Å². The van der Waals surface area contributed by atoms with Crippen molar-refractivity contribution in [2.45, 2.75) is 13.8 Å². The molecule has 0 saturated heterocycles. The quantitative estimate of drug-likeness (QED) is 0.665. The summed E-state index contributed by atoms with van der Waals surface area (Å²) >= 11 is 6.63. The zero-order valence-electron chi connectivity index (χ0n) is 9.45. The van der Waals surface area contributed by atoms with Gasteiger partial charge in [-0.3, -0.25) is 4.79 Å². The van der Waals surface area contributed by atoms with E-state index < -0.39 is 0 Å². The van der Waals surface area contributed by atoms with Gasteiger partial charge in [-0.25, -0.2) is 0 Å². The minimum atomic E-state index is -0.129. The fourth-order valence-corrected chi connectivity index (χ4v) is 1.83. The Morgan fingerprint density at radius 3 is 2.41 bits per heavy atom. The van der Waals surface area contributed by atoms with Crippen molar-refractivity contribution in [1.82, 2.24) is 0 Å². The summed E-state index contributed by atoms with van der Waals surface area (Å²) in [5.74, 6) is -0.129. The lowest BCUT2D eigenvalue weighted by molar-refractivity contribution is -0.113. The van der Waals surface area contributed by atoms with Crippen LogP contribution in [0.15, 0.2) is 34.9 Å². The molecule has 0 unspecified atom stereocenters. The van der Waals surface area contributed by atoms with E-state index in [9.17, 15) is 4.79 Å². The lowest BCUT2D eigenvalue weighted by Crippen LogP contribution is -2.03. The second kappa shape index (κ2) is 6.33. The Kier molecular flexibility index (Phi) is 5.08. The number of ketones is 1. The third kappa shape index (κ3) is 4.14. The van der Waals surface area contributed by atoms with Crippen molar-refractivity contribution in [2.24, 2.45) is 0 Å². The van der Waals surface area contributed by atoms with Crippen LogP contribution in [0.1, 0.15) is 13.8 Å². The molecule has 1 aromatic rings. The van der Waals surface area contributed by atoms with Gasteiger partial charge in [0.15, 0.2) is 5.78 Å². The van der Waals surface area contributed by atoms with Gasteiger partial charge in [-0.05, 0) is 49.9 Å². The Hall–Kier alpha value is -1.44. The van der Waals surface area contributed by atoms with Gasteiger partial charge in [0.2, 0.25) is 0 Å². The maximum atomic E-state index is 11.3. The molecule has 0 aromatic heterocycles. The summed E-state index contributed by atoms with van der Waals surface area (Å²) in [6.07, 6.45) is 0. The van der Waals surface area contributed by atoms with Crippen LogP contribution in [0, 0.1) is 10.7 Å². The summed E-state index contributed by atoms with van der Waals surface area (Å²) in [4.78, 5) is 11.7. The van der Waals surface area contributed by atoms with E-state index in [1.807, 2.05) is 5.40 Å². The first-order valence-electron chi connectivity index (χ1n) is 4.85. The Labute approximate surface area is 109 Å². The van der Waals surface area contributed by atoms with E-state index >= 15 is 0 Å². The summed E-state index contributed by atoms with van der Waals surface area (Å²) < 4.78 is 0. The van der Waals surface area contributed by atoms with Gasteiger partial charge in [0.1, 0.15) is 5.40 Å². The summed E-state index contributed by atoms with van der Waals surface area (Å²) in [5.41, 5.74) is 1.48. The first-order valence-corrected chi connectivity index (χ1v) is 6.04. The molecule has 3 nitrogen and oxygen atoms in total. The predicted molar refractivity (Wildman–Crippen MR) is 71.7 cm³/mol. The Balaban J connectivity index is 2.92. The molecular formula is C12H11ClN2OS. The van der Waals surface area contributed by atoms with Gasteiger partial charge in [-0.15, -0.1) is 0 Å². The number of thiocyanates is 1. The van der Waals surface area contributed by atoms with Crippen molar-refractivity contribution in [2.75, 3.05) is 5.32 Å². The van der Waals surface area contributed by atoms with Crippen LogP contribution in [0.4, 0.5) is 5.69 Å². The van der Waals surface area contributed by atoms with E-state index in [0.717, 1.165) is 17.4 Å². The maximum Gasteiger partial charge on any atom is 0.168 e. The second-order valence-electron chi connectivity index (χ2n) is 3.34. The SMILES string of the molecule is CC(=O)/C(SC#N)=C(/C)Nc1ccc(Cl)cc1. The molecule has 0 bridgehead atoms. The number of thioether (sulfide) groups is 1. The third-order valence-corrected chi connectivity index (χ3v) is 3.13. The number of Topliss-reactive ketones (excluding diaryl/α,β-unsaturated/α-hetero) is 1. The molecule has 1 aromatic carbocycles. The summed E-state index contributed by atoms with van der Waals surface area (Å²) in [6, 6.07) is 7.12. The number of nitrogens with one attached hydrogen (secondary N) is 1. The molecule has 1 N–H and O–H groups in total. The van der Waals surface area contributed by atoms with Crippen LogP contribution in [0.5, 0.6) is 0 Å². The monoisotopic (exact) mass is 266 g/mol. The number of rotatable bonds is 4. The average molecular weight is 267 g/mol. The summed E-state index contributed by atoms with van der Waals surface area (Å²) in [5, 5.41) is 14.2. The van der Waals surface area contributed by atoms with Gasteiger partial charge in [-0.1, -0.05) is 11.6 Å². The smallest absolute Gasteiger partial charge is 0.168 e. The standard InChI is InChI=1S/C12H11ClN2OS/c1-8(12(9(2)16)17-7-14)15-11-5-3-10(13)4-6-11/h3-6,15H,1-2H3/b12-8+. The lowest BCUT2D eigenvalue weighted by Gasteiger charge is -2.09. The van der Waals surface area contributed by atoms with Crippen molar-refractivity contribution in [3.05, 3.63) is 39.9 Å². The highest BCUT2D eigenvalue weighted by Crippen LogP contribution is 2.22. The minimum Gasteiger partial charge on any atom is -0.358 e. The molecule has 0 radical (unpaired) electrons. The number of carbonyl (C=O) groups excluding carboxylic acids is 1. The number of halogens is 1. The van der Waals surface area contributed by atoms with Gasteiger partial charge in [-0.2, -0.15) is 5.26 Å². The van der Waals surface area contributed by atoms with Crippen LogP contribution in [-0.2, 0) is 4.79 Å². The van der Waals surface area contributed by atoms with Crippen molar-refractivity contribution >= 4 is 34.8 Å². The number of allylic oxidation sites excluding steroid dienone is 2. The highest BCUT2D eigenvalue weighted by molar-refractivity contribution is 8.08. The fraction of sp³-hybridized carbons (Fsp3) is 0.167. The van der Waals surface area contributed by atoms with Gasteiger partial charge in [0.05, 0.1) is 4.91 Å². The Bertz CT molecular complexity index is 488. The number of nitriles is 1. The predicted octanol–water partition coefficient (Wildman–Crippen LogP) is 3.79. The normalized spacial score (nSPS) is 11.4. The fourth-order valence-electron chi connectivity index (χ4n) is 1.26. The number of carbonyl (C=O) groups is 1. The molecule has 0 aliphatic heterocycles. The average Bonchev–Trinajstić information content (AvgIpc) is 2.28. The molecule has 17 heavy (non-hydrogen) atoms. The number of benzene rings is 1. The van der Waals surface area contributed by atoms with Crippen LogP contribution in [0.25, 0.3) is 0 Å². The van der Waals surface area contributed by atoms with Crippen LogP contribution >= 0.6 is 23.4 Å². The Morgan fingerprint density at radius 2 is 1.94 bits per heavy atom. The molecule has 0 heterocycles. The van der Waals surface area contributed by atoms with Crippen molar-refractivity contribution in [3.63, 3.8) is 0 Å². The van der Waals surface area contributed by atoms with E-state index in [4.69, 9.17) is 16.9 Å². The van der Waals surface area contributed by atoms with E-state index in [1.54, 1.807) is 31.2 Å². The molecule has 5 heteroatoms.